The number of benzene rings is 3. The molecule has 0 bridgehead atoms. The molecule has 3 aromatic carbocycles. The SMILES string of the molecule is Cc1cccc(-c2nnc(-c3nc4ccc(C)cn4c(=O)c3O)o2)c1.Cc1cccc(-c2nnc(-c3nc4ccc(C)cn4c(=O)c3OCc3ccccc3)o2)c1. The second-order valence-corrected chi connectivity index (χ2v) is 13.4. The van der Waals surface area contributed by atoms with Gasteiger partial charge in [-0.05, 0) is 80.8 Å². The molecule has 0 fully saturated rings. The summed E-state index contributed by atoms with van der Waals surface area (Å²) < 4.78 is 20.3. The van der Waals surface area contributed by atoms with Gasteiger partial charge < -0.3 is 18.7 Å². The summed E-state index contributed by atoms with van der Waals surface area (Å²) in [4.78, 5) is 34.6. The molecule has 0 saturated carbocycles. The van der Waals surface area contributed by atoms with Crippen molar-refractivity contribution in [2.45, 2.75) is 34.3 Å². The van der Waals surface area contributed by atoms with Crippen molar-refractivity contribution in [3.8, 4) is 57.6 Å². The first-order valence-corrected chi connectivity index (χ1v) is 17.8. The van der Waals surface area contributed by atoms with Gasteiger partial charge in [0.15, 0.2) is 11.4 Å². The summed E-state index contributed by atoms with van der Waals surface area (Å²) in [5.41, 5.74) is 6.56. The van der Waals surface area contributed by atoms with Gasteiger partial charge in [0.1, 0.15) is 17.9 Å². The molecule has 14 nitrogen and oxygen atoms in total. The van der Waals surface area contributed by atoms with Crippen molar-refractivity contribution < 1.29 is 18.7 Å². The third-order valence-corrected chi connectivity index (χ3v) is 8.89. The zero-order valence-corrected chi connectivity index (χ0v) is 31.2. The molecular weight excluding hydrogens is 725 g/mol. The van der Waals surface area contributed by atoms with E-state index in [4.69, 9.17) is 13.6 Å². The number of aromatic nitrogens is 8. The lowest BCUT2D eigenvalue weighted by Gasteiger charge is -2.11. The molecule has 9 rings (SSSR count). The predicted molar refractivity (Wildman–Crippen MR) is 212 cm³/mol. The van der Waals surface area contributed by atoms with Crippen molar-refractivity contribution in [3.63, 3.8) is 0 Å². The second kappa shape index (κ2) is 15.2. The van der Waals surface area contributed by atoms with E-state index in [0.29, 0.717) is 23.1 Å². The van der Waals surface area contributed by atoms with Crippen LogP contribution in [-0.2, 0) is 6.61 Å². The molecule has 1 N–H and O–H groups in total. The fraction of sp³-hybridized carbons (Fsp3) is 0.116. The topological polar surface area (TPSA) is 176 Å². The average molecular weight is 759 g/mol. The van der Waals surface area contributed by atoms with Gasteiger partial charge >= 0.3 is 11.1 Å². The summed E-state index contributed by atoms with van der Waals surface area (Å²) in [6, 6.07) is 32.2. The van der Waals surface area contributed by atoms with Crippen LogP contribution in [-0.4, -0.2) is 44.3 Å². The zero-order valence-electron chi connectivity index (χ0n) is 31.2. The Kier molecular flexibility index (Phi) is 9.65. The molecule has 0 aliphatic heterocycles. The third kappa shape index (κ3) is 7.51. The van der Waals surface area contributed by atoms with E-state index in [0.717, 1.165) is 38.9 Å². The molecule has 9 aromatic rings. The predicted octanol–water partition coefficient (Wildman–Crippen LogP) is 7.34. The van der Waals surface area contributed by atoms with Crippen molar-refractivity contribution in [3.05, 3.63) is 164 Å². The summed E-state index contributed by atoms with van der Waals surface area (Å²) in [6.45, 7) is 7.92. The van der Waals surface area contributed by atoms with Crippen LogP contribution in [0.5, 0.6) is 11.5 Å². The maximum Gasteiger partial charge on any atom is 0.301 e. The van der Waals surface area contributed by atoms with Gasteiger partial charge in [0.25, 0.3) is 11.8 Å². The minimum Gasteiger partial charge on any atom is -0.501 e. The molecule has 0 unspecified atom stereocenters. The maximum atomic E-state index is 13.3. The quantitative estimate of drug-likeness (QED) is 0.171. The normalized spacial score (nSPS) is 11.1. The van der Waals surface area contributed by atoms with Gasteiger partial charge in [-0.3, -0.25) is 18.4 Å². The Morgan fingerprint density at radius 2 is 1.07 bits per heavy atom. The molecular formula is C43H34N8O6. The molecule has 0 saturated heterocycles. The van der Waals surface area contributed by atoms with Gasteiger partial charge in [0, 0.05) is 23.5 Å². The van der Waals surface area contributed by atoms with E-state index < -0.39 is 11.3 Å². The summed E-state index contributed by atoms with van der Waals surface area (Å²) in [7, 11) is 0. The molecule has 6 heterocycles. The maximum absolute atomic E-state index is 13.3. The van der Waals surface area contributed by atoms with E-state index in [1.807, 2.05) is 119 Å². The van der Waals surface area contributed by atoms with Crippen molar-refractivity contribution >= 4 is 11.3 Å². The number of hydrogen-bond acceptors (Lipinski definition) is 12. The van der Waals surface area contributed by atoms with Gasteiger partial charge in [-0.2, -0.15) is 0 Å². The van der Waals surface area contributed by atoms with Crippen LogP contribution in [0.4, 0.5) is 0 Å². The first kappa shape index (κ1) is 36.2. The fourth-order valence-corrected chi connectivity index (χ4v) is 6.05. The summed E-state index contributed by atoms with van der Waals surface area (Å²) >= 11 is 0. The van der Waals surface area contributed by atoms with E-state index in [9.17, 15) is 14.7 Å². The highest BCUT2D eigenvalue weighted by atomic mass is 16.5. The molecule has 0 aliphatic rings. The number of ether oxygens (including phenoxy) is 1. The molecule has 0 atom stereocenters. The molecule has 57 heavy (non-hydrogen) atoms. The lowest BCUT2D eigenvalue weighted by Crippen LogP contribution is -2.19. The molecule has 0 spiro atoms. The first-order chi connectivity index (χ1) is 27.6. The van der Waals surface area contributed by atoms with Crippen LogP contribution < -0.4 is 15.9 Å². The molecule has 282 valence electrons. The molecule has 0 amide bonds. The van der Waals surface area contributed by atoms with Gasteiger partial charge in [-0.25, -0.2) is 9.97 Å². The monoisotopic (exact) mass is 758 g/mol. The lowest BCUT2D eigenvalue weighted by atomic mass is 10.1. The number of rotatable bonds is 7. The minimum atomic E-state index is -0.584. The van der Waals surface area contributed by atoms with E-state index in [1.165, 1.54) is 8.80 Å². The van der Waals surface area contributed by atoms with Gasteiger partial charge in [0.05, 0.1) is 0 Å². The first-order valence-electron chi connectivity index (χ1n) is 17.8. The Balaban J connectivity index is 0.000000165. The van der Waals surface area contributed by atoms with Gasteiger partial charge in [-0.1, -0.05) is 77.9 Å². The largest absolute Gasteiger partial charge is 0.501 e. The van der Waals surface area contributed by atoms with Crippen molar-refractivity contribution in [1.82, 2.24) is 39.2 Å². The van der Waals surface area contributed by atoms with Crippen molar-refractivity contribution in [2.24, 2.45) is 0 Å². The second-order valence-electron chi connectivity index (χ2n) is 13.4. The number of nitrogens with zero attached hydrogens (tertiary/aromatic N) is 8. The van der Waals surface area contributed by atoms with E-state index in [1.54, 1.807) is 24.5 Å². The van der Waals surface area contributed by atoms with Crippen LogP contribution in [0.3, 0.4) is 0 Å². The van der Waals surface area contributed by atoms with Gasteiger partial charge in [0.2, 0.25) is 23.3 Å². The van der Waals surface area contributed by atoms with Crippen LogP contribution >= 0.6 is 0 Å². The highest BCUT2D eigenvalue weighted by molar-refractivity contribution is 5.64. The Bertz CT molecular complexity index is 3040. The number of aryl methyl sites for hydroxylation is 4. The zero-order chi connectivity index (χ0) is 39.6. The summed E-state index contributed by atoms with van der Waals surface area (Å²) in [5, 5.41) is 26.5. The molecule has 6 aromatic heterocycles. The van der Waals surface area contributed by atoms with Crippen LogP contribution in [0.25, 0.3) is 57.4 Å². The number of hydrogen-bond donors (Lipinski definition) is 1. The van der Waals surface area contributed by atoms with E-state index in [2.05, 4.69) is 30.4 Å². The minimum absolute atomic E-state index is 0.00539. The summed E-state index contributed by atoms with van der Waals surface area (Å²) in [6.07, 6.45) is 3.34. The molecule has 0 aliphatic carbocycles. The van der Waals surface area contributed by atoms with Crippen LogP contribution in [0, 0.1) is 27.7 Å². The lowest BCUT2D eigenvalue weighted by molar-refractivity contribution is 0.300. The number of pyridine rings is 2. The highest BCUT2D eigenvalue weighted by Crippen LogP contribution is 2.30. The molecule has 14 heteroatoms. The fourth-order valence-electron chi connectivity index (χ4n) is 6.05. The Labute approximate surface area is 324 Å². The Hall–Kier alpha value is -7.74. The van der Waals surface area contributed by atoms with Crippen LogP contribution in [0.2, 0.25) is 0 Å². The molecule has 0 radical (unpaired) electrons. The van der Waals surface area contributed by atoms with E-state index >= 15 is 0 Å². The van der Waals surface area contributed by atoms with E-state index in [-0.39, 0.29) is 41.1 Å². The number of fused-ring (bicyclic) bond motifs is 2. The van der Waals surface area contributed by atoms with Crippen molar-refractivity contribution in [1.29, 1.82) is 0 Å². The van der Waals surface area contributed by atoms with Gasteiger partial charge in [-0.15, -0.1) is 20.4 Å². The smallest absolute Gasteiger partial charge is 0.301 e. The average Bonchev–Trinajstić information content (AvgIpc) is 3.92. The summed E-state index contributed by atoms with van der Waals surface area (Å²) in [5.74, 6) is 0.311. The third-order valence-electron chi connectivity index (χ3n) is 8.89. The van der Waals surface area contributed by atoms with Crippen LogP contribution in [0.15, 0.2) is 134 Å². The Morgan fingerprint density at radius 1 is 0.561 bits per heavy atom. The highest BCUT2D eigenvalue weighted by Gasteiger charge is 2.23. The van der Waals surface area contributed by atoms with Crippen LogP contribution in [0.1, 0.15) is 27.8 Å². The van der Waals surface area contributed by atoms with Crippen molar-refractivity contribution in [2.75, 3.05) is 0 Å². The number of aromatic hydroxyl groups is 1. The Morgan fingerprint density at radius 3 is 1.63 bits per heavy atom. The standard InChI is InChI=1S/C25H20N4O3.C18H14N4O3/c1-16-7-6-10-19(13-16)23-27-28-24(32-23)21-22(31-15-18-8-4-3-5-9-18)25(30)29-14-17(2)11-12-20(29)26-21;1-10-4-3-5-12(8-10)16-20-21-17(25-16)14-15(23)18(24)22-9-11(2)6-7-13(22)19-14/h3-14H,15H2,1-2H3;3-9,23H,1-2H3.